The zero-order chi connectivity index (χ0) is 16.8. The van der Waals surface area contributed by atoms with Gasteiger partial charge in [0.1, 0.15) is 0 Å². The van der Waals surface area contributed by atoms with E-state index < -0.39 is 11.8 Å². The molecule has 1 N–H and O–H groups in total. The van der Waals surface area contributed by atoms with Gasteiger partial charge in [0.2, 0.25) is 0 Å². The number of likely N-dealkylation sites (N-methyl/N-ethyl adjacent to an activating group) is 1. The molecule has 2 rings (SSSR count). The largest absolute Gasteiger partial charge is 0.337 e. The molecule has 0 bridgehead atoms. The van der Waals surface area contributed by atoms with Crippen molar-refractivity contribution in [1.82, 2.24) is 9.88 Å². The van der Waals surface area contributed by atoms with E-state index in [1.165, 1.54) is 4.90 Å². The third kappa shape index (κ3) is 4.64. The van der Waals surface area contributed by atoms with Gasteiger partial charge in [-0.05, 0) is 49.6 Å². The topological polar surface area (TPSA) is 62.3 Å². The van der Waals surface area contributed by atoms with Gasteiger partial charge in [-0.15, -0.1) is 0 Å². The lowest BCUT2D eigenvalue weighted by Crippen LogP contribution is -2.38. The molecule has 0 aliphatic heterocycles. The van der Waals surface area contributed by atoms with Crippen molar-refractivity contribution in [2.75, 3.05) is 18.9 Å². The molecular formula is C18H21N3O2. The molecule has 0 fully saturated rings. The number of carbonyl (C=O) groups is 2. The second kappa shape index (κ2) is 7.54. The minimum atomic E-state index is -0.616. The van der Waals surface area contributed by atoms with E-state index in [9.17, 15) is 9.59 Å². The monoisotopic (exact) mass is 311 g/mol. The van der Waals surface area contributed by atoms with Crippen LogP contribution in [0.4, 0.5) is 5.69 Å². The van der Waals surface area contributed by atoms with E-state index in [2.05, 4.69) is 10.3 Å². The number of aromatic nitrogens is 1. The average molecular weight is 311 g/mol. The van der Waals surface area contributed by atoms with Crippen LogP contribution in [0.5, 0.6) is 0 Å². The summed E-state index contributed by atoms with van der Waals surface area (Å²) in [5, 5.41) is 2.68. The minimum Gasteiger partial charge on any atom is -0.337 e. The minimum absolute atomic E-state index is 0.475. The number of nitrogens with one attached hydrogen (secondary N) is 1. The van der Waals surface area contributed by atoms with E-state index in [1.54, 1.807) is 19.4 Å². The fourth-order valence-electron chi connectivity index (χ4n) is 2.25. The number of carbonyl (C=O) groups excluding carboxylic acids is 2. The molecule has 0 radical (unpaired) electrons. The fourth-order valence-corrected chi connectivity index (χ4v) is 2.25. The van der Waals surface area contributed by atoms with E-state index in [1.807, 2.05) is 44.2 Å². The SMILES string of the molecule is Cc1ccc(NC(=O)C(=O)N(C)CCc2ccncc2)c(C)c1. The first kappa shape index (κ1) is 16.7. The molecule has 5 heteroatoms. The Labute approximate surface area is 136 Å². The van der Waals surface area contributed by atoms with Crippen molar-refractivity contribution in [1.29, 1.82) is 0 Å². The smallest absolute Gasteiger partial charge is 0.313 e. The summed E-state index contributed by atoms with van der Waals surface area (Å²) in [6, 6.07) is 9.47. The molecular weight excluding hydrogens is 290 g/mol. The Bertz CT molecular complexity index is 699. The van der Waals surface area contributed by atoms with Gasteiger partial charge in [-0.3, -0.25) is 14.6 Å². The van der Waals surface area contributed by atoms with Gasteiger partial charge in [0.05, 0.1) is 0 Å². The Morgan fingerprint density at radius 3 is 2.48 bits per heavy atom. The summed E-state index contributed by atoms with van der Waals surface area (Å²) in [5.41, 5.74) is 3.79. The van der Waals surface area contributed by atoms with Gasteiger partial charge >= 0.3 is 11.8 Å². The van der Waals surface area contributed by atoms with E-state index in [0.29, 0.717) is 18.7 Å². The second-order valence-corrected chi connectivity index (χ2v) is 5.60. The first-order chi connectivity index (χ1) is 11.0. The number of aryl methyl sites for hydroxylation is 2. The van der Waals surface area contributed by atoms with Crippen molar-refractivity contribution < 1.29 is 9.59 Å². The Hall–Kier alpha value is -2.69. The number of rotatable bonds is 4. The number of anilines is 1. The van der Waals surface area contributed by atoms with Gasteiger partial charge < -0.3 is 10.2 Å². The zero-order valence-electron chi connectivity index (χ0n) is 13.7. The normalized spacial score (nSPS) is 10.2. The first-order valence-corrected chi connectivity index (χ1v) is 7.50. The maximum absolute atomic E-state index is 12.1. The Morgan fingerprint density at radius 1 is 1.13 bits per heavy atom. The number of pyridine rings is 1. The summed E-state index contributed by atoms with van der Waals surface area (Å²) in [4.78, 5) is 29.6. The lowest BCUT2D eigenvalue weighted by atomic mass is 10.1. The van der Waals surface area contributed by atoms with E-state index >= 15 is 0 Å². The Morgan fingerprint density at radius 2 is 1.83 bits per heavy atom. The molecule has 0 saturated heterocycles. The summed E-state index contributed by atoms with van der Waals surface area (Å²) >= 11 is 0. The van der Waals surface area contributed by atoms with E-state index in [4.69, 9.17) is 0 Å². The molecule has 0 spiro atoms. The lowest BCUT2D eigenvalue weighted by molar-refractivity contribution is -0.142. The van der Waals surface area contributed by atoms with Crippen LogP contribution in [0.2, 0.25) is 0 Å². The van der Waals surface area contributed by atoms with Crippen LogP contribution in [0.1, 0.15) is 16.7 Å². The summed E-state index contributed by atoms with van der Waals surface area (Å²) in [5.74, 6) is -1.16. The van der Waals surface area contributed by atoms with Crippen molar-refractivity contribution in [2.45, 2.75) is 20.3 Å². The molecule has 1 aromatic carbocycles. The predicted octanol–water partition coefficient (Wildman–Crippen LogP) is 2.34. The fraction of sp³-hybridized carbons (Fsp3) is 0.278. The van der Waals surface area contributed by atoms with Crippen molar-refractivity contribution in [3.05, 3.63) is 59.4 Å². The quantitative estimate of drug-likeness (QED) is 0.882. The summed E-state index contributed by atoms with van der Waals surface area (Å²) in [7, 11) is 1.63. The van der Waals surface area contributed by atoms with Crippen LogP contribution in [-0.2, 0) is 16.0 Å². The molecule has 1 heterocycles. The Kier molecular flexibility index (Phi) is 5.46. The van der Waals surface area contributed by atoms with Crippen LogP contribution >= 0.6 is 0 Å². The standard InChI is InChI=1S/C18H21N3O2/c1-13-4-5-16(14(2)12-13)20-17(22)18(23)21(3)11-8-15-6-9-19-10-7-15/h4-7,9-10,12H,8,11H2,1-3H3,(H,20,22). The summed E-state index contributed by atoms with van der Waals surface area (Å²) < 4.78 is 0. The molecule has 120 valence electrons. The Balaban J connectivity index is 1.92. The van der Waals surface area contributed by atoms with Crippen LogP contribution in [0, 0.1) is 13.8 Å². The van der Waals surface area contributed by atoms with Crippen molar-refractivity contribution in [2.24, 2.45) is 0 Å². The third-order valence-electron chi connectivity index (χ3n) is 3.66. The molecule has 0 saturated carbocycles. The van der Waals surface area contributed by atoms with Crippen LogP contribution in [-0.4, -0.2) is 35.3 Å². The zero-order valence-corrected chi connectivity index (χ0v) is 13.7. The molecule has 23 heavy (non-hydrogen) atoms. The van der Waals surface area contributed by atoms with Gasteiger partial charge in [0.15, 0.2) is 0 Å². The van der Waals surface area contributed by atoms with Crippen molar-refractivity contribution in [3.63, 3.8) is 0 Å². The van der Waals surface area contributed by atoms with E-state index in [0.717, 1.165) is 16.7 Å². The number of hydrogen-bond donors (Lipinski definition) is 1. The van der Waals surface area contributed by atoms with Gasteiger partial charge in [-0.25, -0.2) is 0 Å². The number of amides is 2. The highest BCUT2D eigenvalue weighted by Gasteiger charge is 2.19. The van der Waals surface area contributed by atoms with Gasteiger partial charge in [-0.1, -0.05) is 17.7 Å². The first-order valence-electron chi connectivity index (χ1n) is 7.50. The van der Waals surface area contributed by atoms with Crippen LogP contribution in [0.25, 0.3) is 0 Å². The molecule has 0 aliphatic rings. The van der Waals surface area contributed by atoms with Crippen LogP contribution < -0.4 is 5.32 Å². The second-order valence-electron chi connectivity index (χ2n) is 5.60. The van der Waals surface area contributed by atoms with Gasteiger partial charge in [0.25, 0.3) is 0 Å². The number of nitrogens with zero attached hydrogens (tertiary/aromatic N) is 2. The van der Waals surface area contributed by atoms with E-state index in [-0.39, 0.29) is 0 Å². The molecule has 2 amide bonds. The molecule has 0 unspecified atom stereocenters. The van der Waals surface area contributed by atoms with Crippen molar-refractivity contribution in [3.8, 4) is 0 Å². The molecule has 0 atom stereocenters. The van der Waals surface area contributed by atoms with Gasteiger partial charge in [-0.2, -0.15) is 0 Å². The summed E-state index contributed by atoms with van der Waals surface area (Å²) in [6.07, 6.45) is 4.11. The highest BCUT2D eigenvalue weighted by atomic mass is 16.2. The van der Waals surface area contributed by atoms with Gasteiger partial charge in [0, 0.05) is 31.7 Å². The average Bonchev–Trinajstić information content (AvgIpc) is 2.55. The van der Waals surface area contributed by atoms with Crippen LogP contribution in [0.3, 0.4) is 0 Å². The number of benzene rings is 1. The molecule has 1 aromatic heterocycles. The lowest BCUT2D eigenvalue weighted by Gasteiger charge is -2.17. The maximum atomic E-state index is 12.1. The highest BCUT2D eigenvalue weighted by Crippen LogP contribution is 2.16. The highest BCUT2D eigenvalue weighted by molar-refractivity contribution is 6.39. The third-order valence-corrected chi connectivity index (χ3v) is 3.66. The molecule has 2 aromatic rings. The summed E-state index contributed by atoms with van der Waals surface area (Å²) in [6.45, 7) is 4.36. The van der Waals surface area contributed by atoms with Crippen molar-refractivity contribution >= 4 is 17.5 Å². The maximum Gasteiger partial charge on any atom is 0.313 e. The molecule has 0 aliphatic carbocycles. The van der Waals surface area contributed by atoms with Crippen LogP contribution in [0.15, 0.2) is 42.7 Å². The molecule has 5 nitrogen and oxygen atoms in total. The number of hydrogen-bond acceptors (Lipinski definition) is 3. The predicted molar refractivity (Wildman–Crippen MR) is 90.1 cm³/mol.